The number of nitrogens with zero attached hydrogens (tertiary/aromatic N) is 2. The van der Waals surface area contributed by atoms with Gasteiger partial charge in [-0.3, -0.25) is 0 Å². The van der Waals surface area contributed by atoms with Crippen molar-refractivity contribution in [3.63, 3.8) is 0 Å². The zero-order chi connectivity index (χ0) is 13.5. The number of thioether (sulfide) groups is 1. The molecule has 19 heavy (non-hydrogen) atoms. The van der Waals surface area contributed by atoms with Crippen LogP contribution in [0.1, 0.15) is 18.9 Å². The quantitative estimate of drug-likeness (QED) is 0.775. The van der Waals surface area contributed by atoms with Crippen molar-refractivity contribution in [2.75, 3.05) is 32.0 Å². The minimum absolute atomic E-state index is 0.616. The van der Waals surface area contributed by atoms with E-state index in [0.29, 0.717) is 17.9 Å². The molecule has 102 valence electrons. The third-order valence-corrected chi connectivity index (χ3v) is 4.35. The second-order valence-electron chi connectivity index (χ2n) is 4.79. The first kappa shape index (κ1) is 14.2. The Kier molecular flexibility index (Phi) is 5.56. The molecule has 1 aromatic rings. The summed E-state index contributed by atoms with van der Waals surface area (Å²) in [6.07, 6.45) is 1.01. The first-order chi connectivity index (χ1) is 9.29. The fourth-order valence-corrected chi connectivity index (χ4v) is 3.33. The summed E-state index contributed by atoms with van der Waals surface area (Å²) in [7, 11) is 0. The van der Waals surface area contributed by atoms with Crippen LogP contribution in [0, 0.1) is 11.3 Å². The molecule has 1 atom stereocenters. The highest BCUT2D eigenvalue weighted by Gasteiger charge is 2.15. The Morgan fingerprint density at radius 1 is 1.47 bits per heavy atom. The predicted octanol–water partition coefficient (Wildman–Crippen LogP) is 2.76. The van der Waals surface area contributed by atoms with Gasteiger partial charge in [0, 0.05) is 30.6 Å². The van der Waals surface area contributed by atoms with Gasteiger partial charge < -0.3 is 9.64 Å². The first-order valence-electron chi connectivity index (χ1n) is 6.75. The summed E-state index contributed by atoms with van der Waals surface area (Å²) >= 11 is 2.05. The van der Waals surface area contributed by atoms with Crippen molar-refractivity contribution < 1.29 is 4.74 Å². The average molecular weight is 276 g/mol. The number of hydrogen-bond acceptors (Lipinski definition) is 4. The SMILES string of the molecule is CC1CN(CCCOc2ccccc2C#N)CCS1. The molecule has 0 N–H and O–H groups in total. The van der Waals surface area contributed by atoms with E-state index >= 15 is 0 Å². The molecular weight excluding hydrogens is 256 g/mol. The van der Waals surface area contributed by atoms with E-state index in [0.717, 1.165) is 18.2 Å². The standard InChI is InChI=1S/C15H20N2OS/c1-13-12-17(8-10-19-13)7-4-9-18-15-6-3-2-5-14(15)11-16/h2-3,5-6,13H,4,7-10,12H2,1H3. The minimum Gasteiger partial charge on any atom is -0.492 e. The van der Waals surface area contributed by atoms with Crippen LogP contribution in [0.5, 0.6) is 5.75 Å². The van der Waals surface area contributed by atoms with Gasteiger partial charge in [0.1, 0.15) is 11.8 Å². The minimum atomic E-state index is 0.616. The Morgan fingerprint density at radius 3 is 3.11 bits per heavy atom. The molecule has 1 unspecified atom stereocenters. The molecular formula is C15H20N2OS. The molecule has 1 saturated heterocycles. The Bertz CT molecular complexity index is 444. The molecule has 1 aromatic carbocycles. The molecule has 1 heterocycles. The van der Waals surface area contributed by atoms with Crippen molar-refractivity contribution >= 4 is 11.8 Å². The van der Waals surface area contributed by atoms with Gasteiger partial charge in [-0.2, -0.15) is 17.0 Å². The summed E-state index contributed by atoms with van der Waals surface area (Å²) in [6.45, 7) is 6.41. The van der Waals surface area contributed by atoms with Crippen molar-refractivity contribution in [2.24, 2.45) is 0 Å². The van der Waals surface area contributed by atoms with Crippen molar-refractivity contribution in [1.82, 2.24) is 4.90 Å². The molecule has 0 radical (unpaired) electrons. The maximum Gasteiger partial charge on any atom is 0.137 e. The fourth-order valence-electron chi connectivity index (χ4n) is 2.25. The van der Waals surface area contributed by atoms with E-state index in [2.05, 4.69) is 29.7 Å². The second kappa shape index (κ2) is 7.42. The first-order valence-corrected chi connectivity index (χ1v) is 7.80. The Hall–Kier alpha value is -1.18. The third kappa shape index (κ3) is 4.45. The number of ether oxygens (including phenoxy) is 1. The van der Waals surface area contributed by atoms with Gasteiger partial charge in [-0.25, -0.2) is 0 Å². The summed E-state index contributed by atoms with van der Waals surface area (Å²) in [5, 5.41) is 9.71. The molecule has 1 fully saturated rings. The third-order valence-electron chi connectivity index (χ3n) is 3.21. The maximum atomic E-state index is 8.97. The smallest absolute Gasteiger partial charge is 0.137 e. The highest BCUT2D eigenvalue weighted by atomic mass is 32.2. The van der Waals surface area contributed by atoms with Gasteiger partial charge in [-0.05, 0) is 18.6 Å². The highest BCUT2D eigenvalue weighted by Crippen LogP contribution is 2.18. The van der Waals surface area contributed by atoms with Crippen LogP contribution in [0.15, 0.2) is 24.3 Å². The van der Waals surface area contributed by atoms with Crippen LogP contribution in [0.2, 0.25) is 0 Å². The maximum absolute atomic E-state index is 8.97. The van der Waals surface area contributed by atoms with Crippen LogP contribution >= 0.6 is 11.8 Å². The molecule has 4 heteroatoms. The number of rotatable bonds is 5. The molecule has 0 saturated carbocycles. The molecule has 2 rings (SSSR count). The van der Waals surface area contributed by atoms with Crippen LogP contribution in [-0.4, -0.2) is 42.1 Å². The zero-order valence-corrected chi connectivity index (χ0v) is 12.2. The Labute approximate surface area is 119 Å². The molecule has 0 aliphatic carbocycles. The average Bonchev–Trinajstić information content (AvgIpc) is 2.44. The molecule has 1 aliphatic rings. The molecule has 0 spiro atoms. The lowest BCUT2D eigenvalue weighted by atomic mass is 10.2. The number of hydrogen-bond donors (Lipinski definition) is 0. The highest BCUT2D eigenvalue weighted by molar-refractivity contribution is 7.99. The summed E-state index contributed by atoms with van der Waals surface area (Å²) in [5.41, 5.74) is 0.616. The normalized spacial score (nSPS) is 19.9. The van der Waals surface area contributed by atoms with Crippen molar-refractivity contribution in [2.45, 2.75) is 18.6 Å². The topological polar surface area (TPSA) is 36.3 Å². The molecule has 1 aliphatic heterocycles. The lowest BCUT2D eigenvalue weighted by Gasteiger charge is -2.30. The monoisotopic (exact) mass is 276 g/mol. The lowest BCUT2D eigenvalue weighted by Crippen LogP contribution is -2.37. The van der Waals surface area contributed by atoms with Crippen molar-refractivity contribution in [3.05, 3.63) is 29.8 Å². The van der Waals surface area contributed by atoms with Crippen molar-refractivity contribution in [3.8, 4) is 11.8 Å². The summed E-state index contributed by atoms with van der Waals surface area (Å²) in [6, 6.07) is 9.57. The Morgan fingerprint density at radius 2 is 2.32 bits per heavy atom. The van der Waals surface area contributed by atoms with Crippen molar-refractivity contribution in [1.29, 1.82) is 5.26 Å². The second-order valence-corrected chi connectivity index (χ2v) is 6.34. The van der Waals surface area contributed by atoms with Crippen LogP contribution in [0.4, 0.5) is 0 Å². The number of para-hydroxylation sites is 1. The van der Waals surface area contributed by atoms with Crippen LogP contribution in [0.25, 0.3) is 0 Å². The summed E-state index contributed by atoms with van der Waals surface area (Å²) < 4.78 is 5.69. The van der Waals surface area contributed by atoms with E-state index < -0.39 is 0 Å². The van der Waals surface area contributed by atoms with Crippen LogP contribution < -0.4 is 4.74 Å². The predicted molar refractivity (Wildman–Crippen MR) is 79.6 cm³/mol. The Balaban J connectivity index is 1.70. The summed E-state index contributed by atoms with van der Waals surface area (Å²) in [5.74, 6) is 1.94. The van der Waals surface area contributed by atoms with Crippen LogP contribution in [0.3, 0.4) is 0 Å². The van der Waals surface area contributed by atoms with Crippen LogP contribution in [-0.2, 0) is 0 Å². The lowest BCUT2D eigenvalue weighted by molar-refractivity contribution is 0.240. The van der Waals surface area contributed by atoms with E-state index in [-0.39, 0.29) is 0 Å². The number of benzene rings is 1. The van der Waals surface area contributed by atoms with Gasteiger partial charge in [0.2, 0.25) is 0 Å². The zero-order valence-electron chi connectivity index (χ0n) is 11.3. The number of nitriles is 1. The molecule has 0 bridgehead atoms. The van der Waals surface area contributed by atoms with Gasteiger partial charge in [0.05, 0.1) is 12.2 Å². The largest absolute Gasteiger partial charge is 0.492 e. The molecule has 0 amide bonds. The van der Waals surface area contributed by atoms with E-state index in [4.69, 9.17) is 10.00 Å². The van der Waals surface area contributed by atoms with Gasteiger partial charge in [0.25, 0.3) is 0 Å². The van der Waals surface area contributed by atoms with E-state index in [1.165, 1.54) is 18.8 Å². The van der Waals surface area contributed by atoms with E-state index in [1.807, 2.05) is 18.2 Å². The van der Waals surface area contributed by atoms with Gasteiger partial charge in [-0.15, -0.1) is 0 Å². The molecule has 0 aromatic heterocycles. The fraction of sp³-hybridized carbons (Fsp3) is 0.533. The van der Waals surface area contributed by atoms with E-state index in [1.54, 1.807) is 6.07 Å². The van der Waals surface area contributed by atoms with Gasteiger partial charge in [0.15, 0.2) is 0 Å². The van der Waals surface area contributed by atoms with E-state index in [9.17, 15) is 0 Å². The van der Waals surface area contributed by atoms with Gasteiger partial charge in [-0.1, -0.05) is 19.1 Å². The molecule has 3 nitrogen and oxygen atoms in total. The van der Waals surface area contributed by atoms with Gasteiger partial charge >= 0.3 is 0 Å². The summed E-state index contributed by atoms with van der Waals surface area (Å²) in [4.78, 5) is 2.50.